The van der Waals surface area contributed by atoms with Crippen LogP contribution in [-0.2, 0) is 20.7 Å². The summed E-state index contributed by atoms with van der Waals surface area (Å²) in [5.74, 6) is -0.457. The van der Waals surface area contributed by atoms with Crippen LogP contribution in [0.3, 0.4) is 0 Å². The van der Waals surface area contributed by atoms with Crippen LogP contribution < -0.4 is 10.6 Å². The second-order valence-electron chi connectivity index (χ2n) is 12.2. The minimum absolute atomic E-state index is 0.0394. The maximum atomic E-state index is 14.4. The minimum Gasteiger partial charge on any atom is -0.444 e. The Morgan fingerprint density at radius 3 is 2.11 bits per heavy atom. The second kappa shape index (κ2) is 13.5. The fraction of sp³-hybridized carbons (Fsp3) is 0.710. The summed E-state index contributed by atoms with van der Waals surface area (Å²) >= 11 is 0. The van der Waals surface area contributed by atoms with Crippen molar-refractivity contribution in [2.45, 2.75) is 136 Å². The summed E-state index contributed by atoms with van der Waals surface area (Å²) in [4.78, 5) is 43.0. The fourth-order valence-electron chi connectivity index (χ4n) is 5.36. The average Bonchev–Trinajstić information content (AvgIpc) is 2.85. The number of amides is 3. The standard InChI is InChI=1S/C31H49N3O4/c1-7-21(3)26(33-30(37)38-31(4,5)6)29(36)34(25-15-12-16-25)27(23-19-17-22(8-2)18-20-23)28(35)32-24-13-10-9-11-14-24/h17-21,24-27H,7-16H2,1-6H3,(H,32,35)(H,33,37). The number of ether oxygens (including phenoxy) is 1. The lowest BCUT2D eigenvalue weighted by Crippen LogP contribution is -2.59. The van der Waals surface area contributed by atoms with Gasteiger partial charge in [-0.2, -0.15) is 0 Å². The number of benzene rings is 1. The third-order valence-electron chi connectivity index (χ3n) is 8.06. The summed E-state index contributed by atoms with van der Waals surface area (Å²) in [5, 5.41) is 6.16. The molecule has 3 unspecified atom stereocenters. The van der Waals surface area contributed by atoms with Crippen LogP contribution in [0.15, 0.2) is 24.3 Å². The van der Waals surface area contributed by atoms with Crippen LogP contribution in [0, 0.1) is 5.92 Å². The van der Waals surface area contributed by atoms with E-state index in [1.165, 1.54) is 12.0 Å². The van der Waals surface area contributed by atoms with Gasteiger partial charge in [-0.1, -0.05) is 70.7 Å². The van der Waals surface area contributed by atoms with Gasteiger partial charge in [0.1, 0.15) is 17.7 Å². The molecule has 0 aromatic heterocycles. The average molecular weight is 528 g/mol. The lowest BCUT2D eigenvalue weighted by molar-refractivity contribution is -0.148. The number of carbonyl (C=O) groups is 3. The summed E-state index contributed by atoms with van der Waals surface area (Å²) in [6, 6.07) is 6.64. The molecule has 2 aliphatic rings. The van der Waals surface area contributed by atoms with Gasteiger partial charge in [0.15, 0.2) is 0 Å². The molecule has 7 nitrogen and oxygen atoms in total. The first kappa shape index (κ1) is 30.0. The van der Waals surface area contributed by atoms with Crippen molar-refractivity contribution in [3.63, 3.8) is 0 Å². The number of alkyl carbamates (subject to hydrolysis) is 1. The number of hydrogen-bond acceptors (Lipinski definition) is 4. The van der Waals surface area contributed by atoms with E-state index in [0.29, 0.717) is 6.42 Å². The highest BCUT2D eigenvalue weighted by Crippen LogP contribution is 2.35. The lowest BCUT2D eigenvalue weighted by atomic mass is 9.86. The van der Waals surface area contributed by atoms with E-state index < -0.39 is 23.8 Å². The van der Waals surface area contributed by atoms with Crippen molar-refractivity contribution in [2.24, 2.45) is 5.92 Å². The van der Waals surface area contributed by atoms with E-state index >= 15 is 0 Å². The smallest absolute Gasteiger partial charge is 0.408 e. The first-order valence-electron chi connectivity index (χ1n) is 14.7. The van der Waals surface area contributed by atoms with Gasteiger partial charge in [-0.15, -0.1) is 0 Å². The molecule has 0 bridgehead atoms. The predicted octanol–water partition coefficient (Wildman–Crippen LogP) is 6.06. The molecule has 212 valence electrons. The van der Waals surface area contributed by atoms with Crippen LogP contribution in [0.2, 0.25) is 0 Å². The normalized spacial score (nSPS) is 19.0. The zero-order chi connectivity index (χ0) is 27.9. The van der Waals surface area contributed by atoms with Gasteiger partial charge in [0.05, 0.1) is 0 Å². The summed E-state index contributed by atoms with van der Waals surface area (Å²) in [6.45, 7) is 11.5. The molecule has 0 saturated heterocycles. The SMILES string of the molecule is CCc1ccc(C(C(=O)NC2CCCCC2)N(C(=O)C(NC(=O)OC(C)(C)C)C(C)CC)C2CCC2)cc1. The first-order valence-corrected chi connectivity index (χ1v) is 14.7. The van der Waals surface area contributed by atoms with Crippen LogP contribution in [-0.4, -0.2) is 46.5 Å². The van der Waals surface area contributed by atoms with Crippen molar-refractivity contribution in [3.05, 3.63) is 35.4 Å². The number of rotatable bonds is 10. The van der Waals surface area contributed by atoms with E-state index in [1.807, 2.05) is 38.1 Å². The summed E-state index contributed by atoms with van der Waals surface area (Å²) < 4.78 is 5.51. The molecule has 0 spiro atoms. The summed E-state index contributed by atoms with van der Waals surface area (Å²) in [7, 11) is 0. The van der Waals surface area contributed by atoms with Crippen molar-refractivity contribution >= 4 is 17.9 Å². The highest BCUT2D eigenvalue weighted by atomic mass is 16.6. The first-order chi connectivity index (χ1) is 18.0. The third kappa shape index (κ3) is 7.97. The van der Waals surface area contributed by atoms with E-state index in [1.54, 1.807) is 25.7 Å². The van der Waals surface area contributed by atoms with Gasteiger partial charge in [-0.25, -0.2) is 4.79 Å². The molecular formula is C31H49N3O4. The third-order valence-corrected chi connectivity index (χ3v) is 8.06. The maximum Gasteiger partial charge on any atom is 0.408 e. The van der Waals surface area contributed by atoms with Gasteiger partial charge in [0, 0.05) is 12.1 Å². The zero-order valence-electron chi connectivity index (χ0n) is 24.3. The molecular weight excluding hydrogens is 478 g/mol. The van der Waals surface area contributed by atoms with Crippen LogP contribution in [0.4, 0.5) is 4.79 Å². The predicted molar refractivity (Wildman–Crippen MR) is 151 cm³/mol. The van der Waals surface area contributed by atoms with Crippen LogP contribution in [0.1, 0.15) is 116 Å². The molecule has 0 heterocycles. The molecule has 0 radical (unpaired) electrons. The molecule has 0 aliphatic heterocycles. The number of aryl methyl sites for hydroxylation is 1. The van der Waals surface area contributed by atoms with Gasteiger partial charge in [-0.3, -0.25) is 9.59 Å². The van der Waals surface area contributed by atoms with E-state index in [9.17, 15) is 14.4 Å². The Morgan fingerprint density at radius 1 is 0.974 bits per heavy atom. The van der Waals surface area contributed by atoms with Crippen LogP contribution in [0.25, 0.3) is 0 Å². The van der Waals surface area contributed by atoms with Gasteiger partial charge >= 0.3 is 6.09 Å². The van der Waals surface area contributed by atoms with Crippen LogP contribution >= 0.6 is 0 Å². The topological polar surface area (TPSA) is 87.7 Å². The van der Waals surface area contributed by atoms with E-state index in [4.69, 9.17) is 4.74 Å². The molecule has 2 fully saturated rings. The molecule has 2 N–H and O–H groups in total. The van der Waals surface area contributed by atoms with Gasteiger partial charge < -0.3 is 20.3 Å². The van der Waals surface area contributed by atoms with Crippen molar-refractivity contribution < 1.29 is 19.1 Å². The Labute approximate surface area is 229 Å². The zero-order valence-corrected chi connectivity index (χ0v) is 24.3. The molecule has 38 heavy (non-hydrogen) atoms. The monoisotopic (exact) mass is 527 g/mol. The molecule has 7 heteroatoms. The Kier molecular flexibility index (Phi) is 10.6. The van der Waals surface area contributed by atoms with Gasteiger partial charge in [0.25, 0.3) is 0 Å². The van der Waals surface area contributed by atoms with Crippen molar-refractivity contribution in [1.29, 1.82) is 0 Å². The fourth-order valence-corrected chi connectivity index (χ4v) is 5.36. The highest BCUT2D eigenvalue weighted by Gasteiger charge is 2.43. The van der Waals surface area contributed by atoms with Crippen molar-refractivity contribution in [2.75, 3.05) is 0 Å². The Bertz CT molecular complexity index is 929. The van der Waals surface area contributed by atoms with E-state index in [0.717, 1.165) is 56.9 Å². The molecule has 1 aromatic carbocycles. The van der Waals surface area contributed by atoms with Gasteiger partial charge in [-0.05, 0) is 76.3 Å². The second-order valence-corrected chi connectivity index (χ2v) is 12.2. The molecule has 3 amide bonds. The van der Waals surface area contributed by atoms with Crippen molar-refractivity contribution in [1.82, 2.24) is 15.5 Å². The molecule has 1 aromatic rings. The van der Waals surface area contributed by atoms with E-state index in [-0.39, 0.29) is 29.8 Å². The Morgan fingerprint density at radius 2 is 1.61 bits per heavy atom. The highest BCUT2D eigenvalue weighted by molar-refractivity contribution is 5.92. The Hall–Kier alpha value is -2.57. The quantitative estimate of drug-likeness (QED) is 0.387. The molecule has 2 saturated carbocycles. The largest absolute Gasteiger partial charge is 0.444 e. The van der Waals surface area contributed by atoms with Crippen molar-refractivity contribution in [3.8, 4) is 0 Å². The maximum absolute atomic E-state index is 14.4. The summed E-state index contributed by atoms with van der Waals surface area (Å²) in [6.07, 6.45) is 9.10. The number of hydrogen-bond donors (Lipinski definition) is 2. The van der Waals surface area contributed by atoms with Crippen LogP contribution in [0.5, 0.6) is 0 Å². The number of nitrogens with one attached hydrogen (secondary N) is 2. The van der Waals surface area contributed by atoms with E-state index in [2.05, 4.69) is 17.6 Å². The number of nitrogens with zero attached hydrogens (tertiary/aromatic N) is 1. The number of carbonyl (C=O) groups excluding carboxylic acids is 3. The molecule has 3 atom stereocenters. The minimum atomic E-state index is -0.782. The lowest BCUT2D eigenvalue weighted by Gasteiger charge is -2.44. The van der Waals surface area contributed by atoms with Gasteiger partial charge in [0.2, 0.25) is 11.8 Å². The Balaban J connectivity index is 1.98. The molecule has 3 rings (SSSR count). The summed E-state index contributed by atoms with van der Waals surface area (Å²) in [5.41, 5.74) is 1.33. The molecule has 2 aliphatic carbocycles.